The Morgan fingerprint density at radius 3 is 2.22 bits per heavy atom. The van der Waals surface area contributed by atoms with E-state index in [1.54, 1.807) is 0 Å². The highest BCUT2D eigenvalue weighted by molar-refractivity contribution is 5.67. The Hall–Kier alpha value is -1.35. The maximum absolute atomic E-state index is 10.7. The topological polar surface area (TPSA) is 40.5 Å². The van der Waals surface area contributed by atoms with Gasteiger partial charge in [0, 0.05) is 12.6 Å². The highest BCUT2D eigenvalue weighted by Crippen LogP contribution is 2.12. The molecule has 0 aromatic heterocycles. The highest BCUT2D eigenvalue weighted by Gasteiger charge is 2.15. The lowest BCUT2D eigenvalue weighted by Crippen LogP contribution is -2.34. The maximum atomic E-state index is 10.7. The summed E-state index contributed by atoms with van der Waals surface area (Å²) in [4.78, 5) is 12.9. The van der Waals surface area contributed by atoms with Crippen molar-refractivity contribution in [2.24, 2.45) is 0 Å². The molecule has 0 bridgehead atoms. The number of carbonyl (C=O) groups is 1. The summed E-state index contributed by atoms with van der Waals surface area (Å²) in [5.41, 5.74) is 2.58. The van der Waals surface area contributed by atoms with Crippen LogP contribution in [0, 0.1) is 0 Å². The van der Waals surface area contributed by atoms with Gasteiger partial charge in [-0.05, 0) is 31.0 Å². The first-order chi connectivity index (χ1) is 8.56. The summed E-state index contributed by atoms with van der Waals surface area (Å²) in [5.74, 6) is -0.734. The van der Waals surface area contributed by atoms with E-state index in [1.165, 1.54) is 11.1 Å². The zero-order valence-electron chi connectivity index (χ0n) is 11.5. The standard InChI is InChI=1S/C15H23NO2/c1-4-13-6-8-14(9-7-13)11-16(5-2)12(3)10-15(17)18/h6-9,12H,4-5,10-11H2,1-3H3,(H,17,18). The fraction of sp³-hybridized carbons (Fsp3) is 0.533. The van der Waals surface area contributed by atoms with Crippen molar-refractivity contribution >= 4 is 5.97 Å². The Balaban J connectivity index is 2.63. The Kier molecular flexibility index (Phi) is 5.86. The van der Waals surface area contributed by atoms with E-state index in [-0.39, 0.29) is 12.5 Å². The molecule has 3 heteroatoms. The lowest BCUT2D eigenvalue weighted by molar-refractivity contribution is -0.138. The van der Waals surface area contributed by atoms with E-state index in [1.807, 2.05) is 6.92 Å². The van der Waals surface area contributed by atoms with Gasteiger partial charge in [-0.1, -0.05) is 38.1 Å². The molecule has 0 aliphatic rings. The van der Waals surface area contributed by atoms with Crippen LogP contribution in [0.15, 0.2) is 24.3 Å². The number of carboxylic acids is 1. The van der Waals surface area contributed by atoms with Crippen molar-refractivity contribution in [3.8, 4) is 0 Å². The van der Waals surface area contributed by atoms with Gasteiger partial charge in [0.1, 0.15) is 0 Å². The predicted molar refractivity (Wildman–Crippen MR) is 73.6 cm³/mol. The molecule has 0 aliphatic heterocycles. The van der Waals surface area contributed by atoms with Crippen molar-refractivity contribution in [3.05, 3.63) is 35.4 Å². The van der Waals surface area contributed by atoms with Crippen molar-refractivity contribution in [3.63, 3.8) is 0 Å². The van der Waals surface area contributed by atoms with Crippen LogP contribution in [0.25, 0.3) is 0 Å². The minimum absolute atomic E-state index is 0.0679. The third-order valence-corrected chi connectivity index (χ3v) is 3.32. The molecule has 1 aromatic carbocycles. The van der Waals surface area contributed by atoms with E-state index in [9.17, 15) is 4.79 Å². The smallest absolute Gasteiger partial charge is 0.304 e. The summed E-state index contributed by atoms with van der Waals surface area (Å²) in [5, 5.41) is 8.84. The van der Waals surface area contributed by atoms with Gasteiger partial charge in [-0.2, -0.15) is 0 Å². The molecule has 1 unspecified atom stereocenters. The van der Waals surface area contributed by atoms with Crippen molar-refractivity contribution in [1.82, 2.24) is 4.90 Å². The lowest BCUT2D eigenvalue weighted by atomic mass is 10.1. The quantitative estimate of drug-likeness (QED) is 0.807. The number of hydrogen-bond acceptors (Lipinski definition) is 2. The fourth-order valence-electron chi connectivity index (χ4n) is 2.08. The van der Waals surface area contributed by atoms with Gasteiger partial charge in [-0.3, -0.25) is 9.69 Å². The van der Waals surface area contributed by atoms with Gasteiger partial charge in [0.05, 0.1) is 6.42 Å². The number of aryl methyl sites for hydroxylation is 1. The molecule has 3 nitrogen and oxygen atoms in total. The first kappa shape index (κ1) is 14.7. The minimum atomic E-state index is -0.734. The van der Waals surface area contributed by atoms with Gasteiger partial charge in [0.2, 0.25) is 0 Å². The van der Waals surface area contributed by atoms with Crippen LogP contribution in [0.1, 0.15) is 38.3 Å². The number of rotatable bonds is 7. The van der Waals surface area contributed by atoms with Crippen molar-refractivity contribution in [2.75, 3.05) is 6.54 Å². The zero-order chi connectivity index (χ0) is 13.5. The Morgan fingerprint density at radius 1 is 1.22 bits per heavy atom. The van der Waals surface area contributed by atoms with Crippen LogP contribution in [-0.2, 0) is 17.8 Å². The number of carboxylic acid groups (broad SMARTS) is 1. The van der Waals surface area contributed by atoms with Crippen LogP contribution in [0.4, 0.5) is 0 Å². The van der Waals surface area contributed by atoms with Crippen molar-refractivity contribution in [2.45, 2.75) is 46.2 Å². The molecule has 0 heterocycles. The minimum Gasteiger partial charge on any atom is -0.481 e. The van der Waals surface area contributed by atoms with Crippen LogP contribution in [0.5, 0.6) is 0 Å². The molecule has 1 rings (SSSR count). The monoisotopic (exact) mass is 249 g/mol. The molecule has 0 spiro atoms. The lowest BCUT2D eigenvalue weighted by Gasteiger charge is -2.26. The maximum Gasteiger partial charge on any atom is 0.304 e. The molecule has 0 fully saturated rings. The van der Waals surface area contributed by atoms with E-state index in [0.717, 1.165) is 19.5 Å². The molecular formula is C15H23NO2. The van der Waals surface area contributed by atoms with Crippen LogP contribution in [-0.4, -0.2) is 28.6 Å². The third kappa shape index (κ3) is 4.49. The molecule has 100 valence electrons. The second-order valence-electron chi connectivity index (χ2n) is 4.68. The molecule has 0 aliphatic carbocycles. The molecule has 0 radical (unpaired) electrons. The van der Waals surface area contributed by atoms with Gasteiger partial charge in [-0.15, -0.1) is 0 Å². The summed E-state index contributed by atoms with van der Waals surface area (Å²) in [6, 6.07) is 8.62. The number of hydrogen-bond donors (Lipinski definition) is 1. The van der Waals surface area contributed by atoms with Gasteiger partial charge >= 0.3 is 5.97 Å². The SMILES string of the molecule is CCc1ccc(CN(CC)C(C)CC(=O)O)cc1. The van der Waals surface area contributed by atoms with E-state index < -0.39 is 5.97 Å². The molecular weight excluding hydrogens is 226 g/mol. The van der Waals surface area contributed by atoms with E-state index >= 15 is 0 Å². The average molecular weight is 249 g/mol. The summed E-state index contributed by atoms with van der Waals surface area (Å²) in [7, 11) is 0. The van der Waals surface area contributed by atoms with E-state index in [2.05, 4.69) is 43.0 Å². The molecule has 0 saturated heterocycles. The Bertz CT molecular complexity index is 373. The Morgan fingerprint density at radius 2 is 1.78 bits per heavy atom. The second-order valence-corrected chi connectivity index (χ2v) is 4.68. The van der Waals surface area contributed by atoms with Gasteiger partial charge < -0.3 is 5.11 Å². The molecule has 18 heavy (non-hydrogen) atoms. The van der Waals surface area contributed by atoms with Gasteiger partial charge in [0.15, 0.2) is 0 Å². The third-order valence-electron chi connectivity index (χ3n) is 3.32. The fourth-order valence-corrected chi connectivity index (χ4v) is 2.08. The van der Waals surface area contributed by atoms with E-state index in [0.29, 0.717) is 0 Å². The second kappa shape index (κ2) is 7.17. The van der Waals surface area contributed by atoms with Crippen molar-refractivity contribution < 1.29 is 9.90 Å². The highest BCUT2D eigenvalue weighted by atomic mass is 16.4. The molecule has 1 aromatic rings. The summed E-state index contributed by atoms with van der Waals surface area (Å²) >= 11 is 0. The molecule has 0 amide bonds. The Labute approximate surface area is 109 Å². The number of nitrogens with zero attached hydrogens (tertiary/aromatic N) is 1. The van der Waals surface area contributed by atoms with Crippen LogP contribution < -0.4 is 0 Å². The summed E-state index contributed by atoms with van der Waals surface area (Å²) < 4.78 is 0. The van der Waals surface area contributed by atoms with Crippen molar-refractivity contribution in [1.29, 1.82) is 0 Å². The zero-order valence-corrected chi connectivity index (χ0v) is 11.5. The largest absolute Gasteiger partial charge is 0.481 e. The van der Waals surface area contributed by atoms with Crippen LogP contribution >= 0.6 is 0 Å². The first-order valence-corrected chi connectivity index (χ1v) is 6.60. The average Bonchev–Trinajstić information content (AvgIpc) is 2.35. The molecule has 1 N–H and O–H groups in total. The number of aliphatic carboxylic acids is 1. The van der Waals surface area contributed by atoms with Crippen LogP contribution in [0.2, 0.25) is 0 Å². The first-order valence-electron chi connectivity index (χ1n) is 6.60. The normalized spacial score (nSPS) is 12.7. The van der Waals surface area contributed by atoms with Crippen LogP contribution in [0.3, 0.4) is 0 Å². The predicted octanol–water partition coefficient (Wildman–Crippen LogP) is 2.93. The van der Waals surface area contributed by atoms with Gasteiger partial charge in [-0.25, -0.2) is 0 Å². The molecule has 1 atom stereocenters. The number of benzene rings is 1. The molecule has 0 saturated carbocycles. The summed E-state index contributed by atoms with van der Waals surface area (Å²) in [6.07, 6.45) is 1.24. The van der Waals surface area contributed by atoms with Gasteiger partial charge in [0.25, 0.3) is 0 Å². The van der Waals surface area contributed by atoms with E-state index in [4.69, 9.17) is 5.11 Å². The summed E-state index contributed by atoms with van der Waals surface area (Å²) in [6.45, 7) is 7.86.